The predicted molar refractivity (Wildman–Crippen MR) is 120 cm³/mol. The van der Waals surface area contributed by atoms with Crippen molar-refractivity contribution in [2.24, 2.45) is 0 Å². The first-order valence-electron chi connectivity index (χ1n) is 11.7. The van der Waals surface area contributed by atoms with Gasteiger partial charge < -0.3 is 9.80 Å². The highest BCUT2D eigenvalue weighted by Gasteiger charge is 2.29. The quantitative estimate of drug-likeness (QED) is 0.219. The SMILES string of the molecule is CCCCCCCC[C@H](C(=C(F)F)[C@@H](CCCCCCCC)N(C)C)N(C)C. The average molecular weight is 403 g/mol. The maximum absolute atomic E-state index is 14.1. The van der Waals surface area contributed by atoms with Crippen molar-refractivity contribution in [3.8, 4) is 0 Å². The number of rotatable bonds is 18. The van der Waals surface area contributed by atoms with E-state index in [2.05, 4.69) is 13.8 Å². The molecule has 0 N–H and O–H groups in total. The van der Waals surface area contributed by atoms with Crippen molar-refractivity contribution < 1.29 is 8.78 Å². The van der Waals surface area contributed by atoms with Gasteiger partial charge in [-0.1, -0.05) is 90.9 Å². The van der Waals surface area contributed by atoms with Crippen molar-refractivity contribution in [3.05, 3.63) is 11.7 Å². The smallest absolute Gasteiger partial charge is 0.272 e. The molecule has 0 amide bonds. The first-order chi connectivity index (χ1) is 13.4. The van der Waals surface area contributed by atoms with Crippen molar-refractivity contribution >= 4 is 0 Å². The van der Waals surface area contributed by atoms with Gasteiger partial charge in [-0.3, -0.25) is 0 Å². The summed E-state index contributed by atoms with van der Waals surface area (Å²) in [5.41, 5.74) is 0.358. The number of nitrogens with zero attached hydrogens (tertiary/aromatic N) is 2. The van der Waals surface area contributed by atoms with Gasteiger partial charge in [-0.2, -0.15) is 8.78 Å². The molecule has 0 rings (SSSR count). The highest BCUT2D eigenvalue weighted by atomic mass is 19.3. The Morgan fingerprint density at radius 1 is 0.571 bits per heavy atom. The molecule has 0 aliphatic heterocycles. The largest absolute Gasteiger partial charge is 0.302 e. The van der Waals surface area contributed by atoms with Crippen LogP contribution in [0.2, 0.25) is 0 Å². The molecule has 0 aliphatic carbocycles. The molecule has 28 heavy (non-hydrogen) atoms. The number of likely N-dealkylation sites (N-methyl/N-ethyl adjacent to an activating group) is 2. The molecular formula is C24H48F2N2. The Morgan fingerprint density at radius 3 is 1.18 bits per heavy atom. The zero-order valence-corrected chi connectivity index (χ0v) is 19.7. The van der Waals surface area contributed by atoms with E-state index in [-0.39, 0.29) is 12.1 Å². The predicted octanol–water partition coefficient (Wildman–Crippen LogP) is 7.50. The van der Waals surface area contributed by atoms with Crippen molar-refractivity contribution in [2.45, 2.75) is 116 Å². The number of halogens is 2. The Morgan fingerprint density at radius 2 is 0.893 bits per heavy atom. The average Bonchev–Trinajstić information content (AvgIpc) is 2.63. The van der Waals surface area contributed by atoms with Crippen LogP contribution in [0.4, 0.5) is 8.78 Å². The lowest BCUT2D eigenvalue weighted by Gasteiger charge is -2.34. The topological polar surface area (TPSA) is 6.48 Å². The van der Waals surface area contributed by atoms with Crippen LogP contribution in [0.25, 0.3) is 0 Å². The second kappa shape index (κ2) is 17.4. The fourth-order valence-corrected chi connectivity index (χ4v) is 4.09. The summed E-state index contributed by atoms with van der Waals surface area (Å²) in [7, 11) is 7.79. The minimum atomic E-state index is -1.46. The molecule has 168 valence electrons. The van der Waals surface area contributed by atoms with Gasteiger partial charge in [-0.05, 0) is 41.0 Å². The zero-order valence-electron chi connectivity index (χ0n) is 19.7. The number of hydrogen-bond donors (Lipinski definition) is 0. The molecule has 0 aliphatic rings. The van der Waals surface area contributed by atoms with E-state index in [1.807, 2.05) is 38.0 Å². The van der Waals surface area contributed by atoms with E-state index in [9.17, 15) is 8.78 Å². The molecule has 0 spiro atoms. The van der Waals surface area contributed by atoms with Crippen LogP contribution < -0.4 is 0 Å². The minimum absolute atomic E-state index is 0.163. The van der Waals surface area contributed by atoms with Crippen molar-refractivity contribution in [1.82, 2.24) is 9.80 Å². The molecule has 0 heterocycles. The van der Waals surface area contributed by atoms with Crippen LogP contribution in [0, 0.1) is 0 Å². The van der Waals surface area contributed by atoms with Gasteiger partial charge in [-0.25, -0.2) is 0 Å². The summed E-state index contributed by atoms with van der Waals surface area (Å²) >= 11 is 0. The maximum atomic E-state index is 14.1. The standard InChI is InChI=1S/C24H48F2N2/c1-7-9-11-13-15-17-19-21(27(3)4)23(24(25)26)22(28(5)6)20-18-16-14-12-10-8-2/h21-22H,7-20H2,1-6H3/t21-,22-/m1/s1. The molecule has 4 heteroatoms. The summed E-state index contributed by atoms with van der Waals surface area (Å²) < 4.78 is 28.2. The van der Waals surface area contributed by atoms with Gasteiger partial charge >= 0.3 is 0 Å². The molecule has 0 unspecified atom stereocenters. The molecule has 0 aromatic heterocycles. The monoisotopic (exact) mass is 402 g/mol. The first-order valence-corrected chi connectivity index (χ1v) is 11.7. The van der Waals surface area contributed by atoms with Crippen molar-refractivity contribution in [2.75, 3.05) is 28.2 Å². The van der Waals surface area contributed by atoms with Crippen LogP contribution in [0.1, 0.15) is 104 Å². The molecule has 2 nitrogen and oxygen atoms in total. The molecular weight excluding hydrogens is 354 g/mol. The van der Waals surface area contributed by atoms with Crippen LogP contribution in [0.5, 0.6) is 0 Å². The van der Waals surface area contributed by atoms with E-state index >= 15 is 0 Å². The summed E-state index contributed by atoms with van der Waals surface area (Å²) in [4.78, 5) is 4.00. The molecule has 0 aromatic carbocycles. The van der Waals surface area contributed by atoms with E-state index < -0.39 is 6.08 Å². The molecule has 0 fully saturated rings. The number of hydrogen-bond acceptors (Lipinski definition) is 2. The van der Waals surface area contributed by atoms with E-state index in [4.69, 9.17) is 0 Å². The van der Waals surface area contributed by atoms with E-state index in [0.29, 0.717) is 5.57 Å². The summed E-state index contributed by atoms with van der Waals surface area (Å²) in [6.07, 6.45) is 14.6. The van der Waals surface area contributed by atoms with Crippen LogP contribution in [-0.4, -0.2) is 50.1 Å². The Hall–Kier alpha value is -0.480. The Labute approximate surface area is 174 Å². The Kier molecular flexibility index (Phi) is 17.1. The van der Waals surface area contributed by atoms with Crippen molar-refractivity contribution in [3.63, 3.8) is 0 Å². The summed E-state index contributed by atoms with van der Waals surface area (Å²) in [6, 6.07) is -0.327. The third-order valence-electron chi connectivity index (χ3n) is 5.85. The zero-order chi connectivity index (χ0) is 21.4. The molecule has 0 radical (unpaired) electrons. The van der Waals surface area contributed by atoms with E-state index in [1.165, 1.54) is 51.4 Å². The fraction of sp³-hybridized carbons (Fsp3) is 0.917. The van der Waals surface area contributed by atoms with Gasteiger partial charge in [0.15, 0.2) is 0 Å². The lowest BCUT2D eigenvalue weighted by molar-refractivity contribution is 0.222. The third kappa shape index (κ3) is 12.2. The van der Waals surface area contributed by atoms with Crippen molar-refractivity contribution in [1.29, 1.82) is 0 Å². The van der Waals surface area contributed by atoms with Gasteiger partial charge in [0.1, 0.15) is 0 Å². The lowest BCUT2D eigenvalue weighted by Crippen LogP contribution is -2.41. The number of unbranched alkanes of at least 4 members (excludes halogenated alkanes) is 10. The van der Waals surface area contributed by atoms with Gasteiger partial charge in [0.25, 0.3) is 6.08 Å². The highest BCUT2D eigenvalue weighted by molar-refractivity contribution is 5.19. The van der Waals surface area contributed by atoms with Crippen LogP contribution in [0.3, 0.4) is 0 Å². The van der Waals surface area contributed by atoms with Gasteiger partial charge in [-0.15, -0.1) is 0 Å². The van der Waals surface area contributed by atoms with Gasteiger partial charge in [0, 0.05) is 17.7 Å². The highest BCUT2D eigenvalue weighted by Crippen LogP contribution is 2.29. The summed E-state index contributed by atoms with van der Waals surface area (Å²) in [5.74, 6) is 0. The lowest BCUT2D eigenvalue weighted by atomic mass is 9.90. The van der Waals surface area contributed by atoms with Gasteiger partial charge in [0.2, 0.25) is 0 Å². The molecule has 0 saturated heterocycles. The van der Waals surface area contributed by atoms with E-state index in [0.717, 1.165) is 38.5 Å². The molecule has 0 aromatic rings. The summed E-state index contributed by atoms with van der Waals surface area (Å²) in [6.45, 7) is 4.43. The summed E-state index contributed by atoms with van der Waals surface area (Å²) in [5, 5.41) is 0. The Bertz CT molecular complexity index is 360. The normalized spacial score (nSPS) is 13.9. The third-order valence-corrected chi connectivity index (χ3v) is 5.85. The molecule has 0 bridgehead atoms. The second-order valence-corrected chi connectivity index (χ2v) is 8.79. The van der Waals surface area contributed by atoms with E-state index in [1.54, 1.807) is 0 Å². The van der Waals surface area contributed by atoms with Crippen LogP contribution >= 0.6 is 0 Å². The minimum Gasteiger partial charge on any atom is -0.302 e. The second-order valence-electron chi connectivity index (χ2n) is 8.79. The van der Waals surface area contributed by atoms with Crippen LogP contribution in [-0.2, 0) is 0 Å². The fourth-order valence-electron chi connectivity index (χ4n) is 4.09. The molecule has 2 atom stereocenters. The van der Waals surface area contributed by atoms with Gasteiger partial charge in [0.05, 0.1) is 0 Å². The van der Waals surface area contributed by atoms with Crippen LogP contribution in [0.15, 0.2) is 11.7 Å². The molecule has 0 saturated carbocycles. The maximum Gasteiger partial charge on any atom is 0.272 e. The Balaban J connectivity index is 4.86. The first kappa shape index (κ1) is 27.5.